The molecule has 1 aromatic heterocycles. The predicted octanol–water partition coefficient (Wildman–Crippen LogP) is 1.79. The van der Waals surface area contributed by atoms with Gasteiger partial charge in [0, 0.05) is 12.2 Å². The second-order valence-corrected chi connectivity index (χ2v) is 4.96. The molecule has 106 valence electrons. The van der Waals surface area contributed by atoms with E-state index < -0.39 is 4.92 Å². The largest absolute Gasteiger partial charge is 0.361 e. The highest BCUT2D eigenvalue weighted by Gasteiger charge is 2.28. The number of nitrogens with one attached hydrogen (secondary N) is 1. The fourth-order valence-electron chi connectivity index (χ4n) is 2.69. The third kappa shape index (κ3) is 2.86. The summed E-state index contributed by atoms with van der Waals surface area (Å²) in [5.74, 6) is 0.454. The molecule has 0 radical (unpaired) electrons. The molecule has 0 aromatic carbocycles. The van der Waals surface area contributed by atoms with E-state index in [0.29, 0.717) is 6.54 Å². The Kier molecular flexibility index (Phi) is 4.48. The molecule has 1 fully saturated rings. The molecule has 0 amide bonds. The van der Waals surface area contributed by atoms with E-state index >= 15 is 0 Å². The zero-order chi connectivity index (χ0) is 14.5. The van der Waals surface area contributed by atoms with Crippen LogP contribution in [-0.2, 0) is 0 Å². The highest BCUT2D eigenvalue weighted by molar-refractivity contribution is 5.64. The highest BCUT2D eigenvalue weighted by Crippen LogP contribution is 2.31. The molecular formula is C13H17N5O2. The topological polar surface area (TPSA) is 118 Å². The number of pyridine rings is 1. The fraction of sp³-hybridized carbons (Fsp3) is 0.538. The van der Waals surface area contributed by atoms with Gasteiger partial charge in [-0.25, -0.2) is 4.98 Å². The lowest BCUT2D eigenvalue weighted by Crippen LogP contribution is -2.37. The lowest BCUT2D eigenvalue weighted by atomic mass is 9.84. The van der Waals surface area contributed by atoms with Gasteiger partial charge in [-0.05, 0) is 31.4 Å². The van der Waals surface area contributed by atoms with Gasteiger partial charge in [0.1, 0.15) is 11.6 Å². The Morgan fingerprint density at radius 2 is 2.30 bits per heavy atom. The summed E-state index contributed by atoms with van der Waals surface area (Å²) in [7, 11) is 0. The van der Waals surface area contributed by atoms with Gasteiger partial charge in [-0.1, -0.05) is 12.8 Å². The fourth-order valence-corrected chi connectivity index (χ4v) is 2.69. The van der Waals surface area contributed by atoms with Gasteiger partial charge < -0.3 is 11.1 Å². The van der Waals surface area contributed by atoms with Crippen molar-refractivity contribution in [1.82, 2.24) is 4.98 Å². The minimum absolute atomic E-state index is 0.0209. The number of nitrogens with two attached hydrogens (primary N) is 1. The van der Waals surface area contributed by atoms with Crippen LogP contribution in [0.1, 0.15) is 31.2 Å². The van der Waals surface area contributed by atoms with Gasteiger partial charge in [0.25, 0.3) is 0 Å². The number of nitro groups is 1. The maximum atomic E-state index is 11.1. The number of aromatic nitrogens is 1. The van der Waals surface area contributed by atoms with Gasteiger partial charge in [-0.15, -0.1) is 0 Å². The number of hydrogen-bond donors (Lipinski definition) is 2. The first kappa shape index (κ1) is 14.2. The Morgan fingerprint density at radius 1 is 1.55 bits per heavy atom. The van der Waals surface area contributed by atoms with Gasteiger partial charge in [0.15, 0.2) is 0 Å². The lowest BCUT2D eigenvalue weighted by Gasteiger charge is -2.31. The normalized spacial score (nSPS) is 22.0. The van der Waals surface area contributed by atoms with Gasteiger partial charge in [-0.2, -0.15) is 5.26 Å². The van der Waals surface area contributed by atoms with Crippen LogP contribution < -0.4 is 11.1 Å². The van der Waals surface area contributed by atoms with Crippen molar-refractivity contribution in [2.45, 2.75) is 31.7 Å². The molecular weight excluding hydrogens is 258 g/mol. The molecule has 2 rings (SSSR count). The first-order valence-corrected chi connectivity index (χ1v) is 6.67. The lowest BCUT2D eigenvalue weighted by molar-refractivity contribution is -0.384. The van der Waals surface area contributed by atoms with Crippen molar-refractivity contribution in [3.8, 4) is 6.07 Å². The first-order chi connectivity index (χ1) is 9.67. The van der Waals surface area contributed by atoms with E-state index in [-0.39, 0.29) is 29.0 Å². The summed E-state index contributed by atoms with van der Waals surface area (Å²) in [6.07, 6.45) is 5.54. The summed E-state index contributed by atoms with van der Waals surface area (Å²) < 4.78 is 0. The van der Waals surface area contributed by atoms with Crippen molar-refractivity contribution in [2.24, 2.45) is 11.7 Å². The van der Waals surface area contributed by atoms with E-state index in [0.717, 1.165) is 25.7 Å². The van der Waals surface area contributed by atoms with E-state index in [4.69, 9.17) is 11.0 Å². The van der Waals surface area contributed by atoms with Crippen molar-refractivity contribution >= 4 is 11.5 Å². The standard InChI is InChI=1S/C13H17N5O2/c14-7-9-3-1-2-4-11(9)17-13-12(18(19)20)10(8-15)5-6-16-13/h5-6,9,11H,1-4,7,14H2,(H,16,17). The van der Waals surface area contributed by atoms with E-state index in [1.165, 1.54) is 12.3 Å². The van der Waals surface area contributed by atoms with Crippen molar-refractivity contribution < 1.29 is 4.92 Å². The van der Waals surface area contributed by atoms with E-state index in [9.17, 15) is 10.1 Å². The molecule has 1 aromatic rings. The summed E-state index contributed by atoms with van der Waals surface area (Å²) in [6, 6.07) is 3.26. The predicted molar refractivity (Wildman–Crippen MR) is 74.0 cm³/mol. The molecule has 0 bridgehead atoms. The Hall–Kier alpha value is -2.20. The summed E-state index contributed by atoms with van der Waals surface area (Å²) in [5, 5.41) is 23.2. The van der Waals surface area contributed by atoms with Crippen LogP contribution in [0.3, 0.4) is 0 Å². The molecule has 0 aliphatic heterocycles. The van der Waals surface area contributed by atoms with Crippen LogP contribution in [0.15, 0.2) is 12.3 Å². The minimum Gasteiger partial charge on any atom is -0.361 e. The number of rotatable bonds is 4. The zero-order valence-electron chi connectivity index (χ0n) is 11.1. The molecule has 7 nitrogen and oxygen atoms in total. The summed E-state index contributed by atoms with van der Waals surface area (Å²) in [5.41, 5.74) is 5.52. The molecule has 0 spiro atoms. The van der Waals surface area contributed by atoms with Gasteiger partial charge >= 0.3 is 5.69 Å². The number of hydrogen-bond acceptors (Lipinski definition) is 6. The third-order valence-corrected chi connectivity index (χ3v) is 3.76. The maximum absolute atomic E-state index is 11.1. The van der Waals surface area contributed by atoms with Crippen molar-refractivity contribution in [1.29, 1.82) is 5.26 Å². The minimum atomic E-state index is -0.561. The van der Waals surface area contributed by atoms with Crippen LogP contribution in [0.25, 0.3) is 0 Å². The Morgan fingerprint density at radius 3 is 2.95 bits per heavy atom. The molecule has 1 heterocycles. The monoisotopic (exact) mass is 275 g/mol. The first-order valence-electron chi connectivity index (χ1n) is 6.67. The van der Waals surface area contributed by atoms with Crippen molar-refractivity contribution in [3.05, 3.63) is 27.9 Å². The maximum Gasteiger partial charge on any atom is 0.328 e. The van der Waals surface area contributed by atoms with Gasteiger partial charge in [0.05, 0.1) is 4.92 Å². The third-order valence-electron chi connectivity index (χ3n) is 3.76. The smallest absolute Gasteiger partial charge is 0.328 e. The van der Waals surface area contributed by atoms with E-state index in [1.807, 2.05) is 6.07 Å². The van der Waals surface area contributed by atoms with Crippen LogP contribution in [-0.4, -0.2) is 22.5 Å². The van der Waals surface area contributed by atoms with Gasteiger partial charge in [0.2, 0.25) is 5.82 Å². The number of nitriles is 1. The summed E-state index contributed by atoms with van der Waals surface area (Å²) in [4.78, 5) is 14.6. The second-order valence-electron chi connectivity index (χ2n) is 4.96. The number of nitrogens with zero attached hydrogens (tertiary/aromatic N) is 3. The summed E-state index contributed by atoms with van der Waals surface area (Å²) >= 11 is 0. The Labute approximate surface area is 117 Å². The average Bonchev–Trinajstić information content (AvgIpc) is 2.47. The molecule has 1 aliphatic rings. The van der Waals surface area contributed by atoms with Crippen molar-refractivity contribution in [2.75, 3.05) is 11.9 Å². The molecule has 7 heteroatoms. The molecule has 0 saturated heterocycles. The Balaban J connectivity index is 2.29. The molecule has 20 heavy (non-hydrogen) atoms. The highest BCUT2D eigenvalue weighted by atomic mass is 16.6. The molecule has 1 aliphatic carbocycles. The van der Waals surface area contributed by atoms with Gasteiger partial charge in [-0.3, -0.25) is 10.1 Å². The van der Waals surface area contributed by atoms with E-state index in [1.54, 1.807) is 0 Å². The van der Waals surface area contributed by atoms with Crippen LogP contribution in [0.2, 0.25) is 0 Å². The molecule has 1 saturated carbocycles. The average molecular weight is 275 g/mol. The molecule has 2 atom stereocenters. The number of anilines is 1. The van der Waals surface area contributed by atoms with E-state index in [2.05, 4.69) is 10.3 Å². The van der Waals surface area contributed by atoms with Crippen molar-refractivity contribution in [3.63, 3.8) is 0 Å². The second kappa shape index (κ2) is 6.30. The van der Waals surface area contributed by atoms with Crippen LogP contribution in [0.4, 0.5) is 11.5 Å². The summed E-state index contributed by atoms with van der Waals surface area (Å²) in [6.45, 7) is 0.545. The van der Waals surface area contributed by atoms with Crippen LogP contribution in [0.5, 0.6) is 0 Å². The quantitative estimate of drug-likeness (QED) is 0.638. The van der Waals surface area contributed by atoms with Crippen LogP contribution >= 0.6 is 0 Å². The SMILES string of the molecule is N#Cc1ccnc(NC2CCCCC2CN)c1[N+](=O)[O-]. The molecule has 3 N–H and O–H groups in total. The zero-order valence-corrected chi connectivity index (χ0v) is 11.1. The Bertz CT molecular complexity index is 540. The molecule has 2 unspecified atom stereocenters. The van der Waals surface area contributed by atoms with Crippen LogP contribution in [0, 0.1) is 27.4 Å².